The number of nitrogens with two attached hydrogens (primary N) is 1. The Kier molecular flexibility index (Phi) is 13.6. The molecule has 0 fully saturated rings. The van der Waals surface area contributed by atoms with Gasteiger partial charge in [0.15, 0.2) is 0 Å². The molecule has 0 saturated heterocycles. The zero-order valence-corrected chi connectivity index (χ0v) is 17.1. The number of aromatic nitrogens is 2. The van der Waals surface area contributed by atoms with Gasteiger partial charge < -0.3 is 15.8 Å². The summed E-state index contributed by atoms with van der Waals surface area (Å²) in [5.74, 6) is 1.48. The Hall–Kier alpha value is -1.52. The summed E-state index contributed by atoms with van der Waals surface area (Å²) in [5, 5.41) is 3.29. The van der Waals surface area contributed by atoms with E-state index in [9.17, 15) is 0 Å². The quantitative estimate of drug-likeness (QED) is 0.334. The molecule has 0 aromatic carbocycles. The molecule has 150 valence electrons. The number of nitrogen functional groups attached to an aromatic ring is 1. The van der Waals surface area contributed by atoms with Gasteiger partial charge in [0.1, 0.15) is 5.82 Å². The number of ether oxygens (including phenoxy) is 1. The van der Waals surface area contributed by atoms with Crippen LogP contribution in [-0.2, 0) is 0 Å². The van der Waals surface area contributed by atoms with Crippen LogP contribution in [0.1, 0.15) is 96.8 Å². The molecular weight excluding hydrogens is 324 g/mol. The number of unbranched alkanes of at least 4 members (excludes halogenated alkanes) is 13. The van der Waals surface area contributed by atoms with E-state index in [-0.39, 0.29) is 5.95 Å². The van der Waals surface area contributed by atoms with Crippen molar-refractivity contribution in [3.8, 4) is 5.88 Å². The van der Waals surface area contributed by atoms with Crippen molar-refractivity contribution in [2.75, 3.05) is 24.7 Å². The Morgan fingerprint density at radius 2 is 1.31 bits per heavy atom. The highest BCUT2D eigenvalue weighted by Crippen LogP contribution is 2.15. The zero-order valence-electron chi connectivity index (χ0n) is 17.1. The third kappa shape index (κ3) is 11.9. The lowest BCUT2D eigenvalue weighted by atomic mass is 10.0. The van der Waals surface area contributed by atoms with E-state index in [2.05, 4.69) is 22.2 Å². The maximum Gasteiger partial charge on any atom is 0.225 e. The Morgan fingerprint density at radius 3 is 1.81 bits per heavy atom. The van der Waals surface area contributed by atoms with Crippen molar-refractivity contribution in [2.24, 2.45) is 0 Å². The number of hydrogen-bond acceptors (Lipinski definition) is 5. The maximum atomic E-state index is 5.65. The second-order valence-electron chi connectivity index (χ2n) is 7.18. The standard InChI is InChI=1S/C21H40N4O/c1-3-4-5-6-7-8-9-10-11-12-13-14-15-16-17-23-19-18-20(26-2)25-21(22)24-19/h18H,3-17H2,1-2H3,(H3,22,23,24,25). The third-order valence-electron chi connectivity index (χ3n) is 4.77. The average Bonchev–Trinajstić information content (AvgIpc) is 2.64. The summed E-state index contributed by atoms with van der Waals surface area (Å²) in [7, 11) is 1.58. The molecule has 0 amide bonds. The van der Waals surface area contributed by atoms with Gasteiger partial charge in [0.2, 0.25) is 11.8 Å². The lowest BCUT2D eigenvalue weighted by Gasteiger charge is -2.07. The van der Waals surface area contributed by atoms with Gasteiger partial charge in [0.05, 0.1) is 7.11 Å². The van der Waals surface area contributed by atoms with Crippen molar-refractivity contribution in [3.05, 3.63) is 6.07 Å². The van der Waals surface area contributed by atoms with E-state index in [1.54, 1.807) is 13.2 Å². The van der Waals surface area contributed by atoms with Crippen molar-refractivity contribution in [1.82, 2.24) is 9.97 Å². The fraction of sp³-hybridized carbons (Fsp3) is 0.810. The van der Waals surface area contributed by atoms with Crippen molar-refractivity contribution in [2.45, 2.75) is 96.8 Å². The van der Waals surface area contributed by atoms with Crippen molar-refractivity contribution >= 4 is 11.8 Å². The fourth-order valence-corrected chi connectivity index (χ4v) is 3.17. The summed E-state index contributed by atoms with van der Waals surface area (Å²) in [6.07, 6.45) is 19.3. The van der Waals surface area contributed by atoms with E-state index in [1.807, 2.05) is 0 Å². The van der Waals surface area contributed by atoms with Gasteiger partial charge in [-0.2, -0.15) is 9.97 Å². The zero-order chi connectivity index (χ0) is 18.9. The van der Waals surface area contributed by atoms with Crippen molar-refractivity contribution in [1.29, 1.82) is 0 Å². The molecule has 0 aliphatic rings. The molecule has 0 radical (unpaired) electrons. The minimum atomic E-state index is 0.243. The van der Waals surface area contributed by atoms with Crippen LogP contribution in [0.5, 0.6) is 5.88 Å². The lowest BCUT2D eigenvalue weighted by molar-refractivity contribution is 0.398. The molecule has 0 bridgehead atoms. The van der Waals surface area contributed by atoms with E-state index < -0.39 is 0 Å². The number of rotatable bonds is 17. The average molecular weight is 365 g/mol. The summed E-state index contributed by atoms with van der Waals surface area (Å²) in [6, 6.07) is 1.78. The minimum Gasteiger partial charge on any atom is -0.481 e. The molecule has 1 aromatic heterocycles. The molecule has 26 heavy (non-hydrogen) atoms. The molecule has 1 rings (SSSR count). The predicted molar refractivity (Wildman–Crippen MR) is 112 cm³/mol. The van der Waals surface area contributed by atoms with Crippen LogP contribution < -0.4 is 15.8 Å². The minimum absolute atomic E-state index is 0.243. The molecule has 0 spiro atoms. The third-order valence-corrected chi connectivity index (χ3v) is 4.77. The molecule has 1 heterocycles. The van der Waals surface area contributed by atoms with Gasteiger partial charge in [-0.1, -0.05) is 90.4 Å². The van der Waals surface area contributed by atoms with Gasteiger partial charge in [0.25, 0.3) is 0 Å². The van der Waals surface area contributed by atoms with Gasteiger partial charge in [-0.15, -0.1) is 0 Å². The predicted octanol–water partition coefficient (Wildman–Crippen LogP) is 5.96. The first-order valence-electron chi connectivity index (χ1n) is 10.7. The molecule has 0 atom stereocenters. The number of nitrogens with one attached hydrogen (secondary N) is 1. The van der Waals surface area contributed by atoms with Crippen LogP contribution in [0.4, 0.5) is 11.8 Å². The molecular formula is C21H40N4O. The van der Waals surface area contributed by atoms with E-state index in [0.717, 1.165) is 18.8 Å². The summed E-state index contributed by atoms with van der Waals surface area (Å²) in [6.45, 7) is 3.19. The number of anilines is 2. The van der Waals surface area contributed by atoms with Gasteiger partial charge >= 0.3 is 0 Å². The normalized spacial score (nSPS) is 10.8. The SMILES string of the molecule is CCCCCCCCCCCCCCCCNc1cc(OC)nc(N)n1. The fourth-order valence-electron chi connectivity index (χ4n) is 3.17. The molecule has 0 unspecified atom stereocenters. The van der Waals surface area contributed by atoms with E-state index in [1.165, 1.54) is 83.5 Å². The Morgan fingerprint density at radius 1 is 0.808 bits per heavy atom. The van der Waals surface area contributed by atoms with Gasteiger partial charge in [-0.3, -0.25) is 0 Å². The molecule has 5 heteroatoms. The first-order chi connectivity index (χ1) is 12.8. The van der Waals surface area contributed by atoms with Crippen LogP contribution in [0.2, 0.25) is 0 Å². The van der Waals surface area contributed by atoms with E-state index >= 15 is 0 Å². The van der Waals surface area contributed by atoms with Gasteiger partial charge in [0, 0.05) is 12.6 Å². The lowest BCUT2D eigenvalue weighted by Crippen LogP contribution is -2.06. The monoisotopic (exact) mass is 364 g/mol. The topological polar surface area (TPSA) is 73.1 Å². The first kappa shape index (κ1) is 22.5. The molecule has 5 nitrogen and oxygen atoms in total. The highest BCUT2D eigenvalue weighted by Gasteiger charge is 2.01. The largest absolute Gasteiger partial charge is 0.481 e. The Balaban J connectivity index is 1.86. The van der Waals surface area contributed by atoms with Crippen LogP contribution in [-0.4, -0.2) is 23.6 Å². The van der Waals surface area contributed by atoms with Crippen LogP contribution in [0.15, 0.2) is 6.07 Å². The summed E-state index contributed by atoms with van der Waals surface area (Å²) in [5.41, 5.74) is 5.65. The number of hydrogen-bond donors (Lipinski definition) is 2. The Labute approximate surface area is 160 Å². The molecule has 3 N–H and O–H groups in total. The molecule has 0 aliphatic carbocycles. The highest BCUT2D eigenvalue weighted by molar-refractivity contribution is 5.42. The highest BCUT2D eigenvalue weighted by atomic mass is 16.5. The van der Waals surface area contributed by atoms with Crippen molar-refractivity contribution in [3.63, 3.8) is 0 Å². The van der Waals surface area contributed by atoms with Crippen LogP contribution in [0, 0.1) is 0 Å². The van der Waals surface area contributed by atoms with E-state index in [4.69, 9.17) is 10.5 Å². The van der Waals surface area contributed by atoms with E-state index in [0.29, 0.717) is 5.88 Å². The maximum absolute atomic E-state index is 5.65. The van der Waals surface area contributed by atoms with Crippen LogP contribution >= 0.6 is 0 Å². The van der Waals surface area contributed by atoms with Crippen LogP contribution in [0.3, 0.4) is 0 Å². The summed E-state index contributed by atoms with van der Waals surface area (Å²) in [4.78, 5) is 8.14. The number of methoxy groups -OCH3 is 1. The summed E-state index contributed by atoms with van der Waals surface area (Å²) >= 11 is 0. The molecule has 1 aromatic rings. The smallest absolute Gasteiger partial charge is 0.225 e. The number of nitrogens with zero attached hydrogens (tertiary/aromatic N) is 2. The van der Waals surface area contributed by atoms with Crippen molar-refractivity contribution < 1.29 is 4.74 Å². The Bertz CT molecular complexity index is 454. The van der Waals surface area contributed by atoms with Crippen LogP contribution in [0.25, 0.3) is 0 Å². The second-order valence-corrected chi connectivity index (χ2v) is 7.18. The van der Waals surface area contributed by atoms with Gasteiger partial charge in [-0.25, -0.2) is 0 Å². The second kappa shape index (κ2) is 15.7. The van der Waals surface area contributed by atoms with Gasteiger partial charge in [-0.05, 0) is 6.42 Å². The molecule has 0 saturated carbocycles. The first-order valence-corrected chi connectivity index (χ1v) is 10.7. The summed E-state index contributed by atoms with van der Waals surface area (Å²) < 4.78 is 5.09. The molecule has 0 aliphatic heterocycles.